The summed E-state index contributed by atoms with van der Waals surface area (Å²) in [6, 6.07) is 15.9. The normalized spacial score (nSPS) is 11.2. The van der Waals surface area contributed by atoms with Gasteiger partial charge in [-0.25, -0.2) is 8.78 Å². The van der Waals surface area contributed by atoms with Crippen LogP contribution in [0.5, 0.6) is 0 Å². The average molecular weight is 501 g/mol. The van der Waals surface area contributed by atoms with Crippen molar-refractivity contribution < 1.29 is 18.4 Å². The molecule has 0 aromatic heterocycles. The number of amides is 2. The predicted molar refractivity (Wildman–Crippen MR) is 131 cm³/mol. The minimum absolute atomic E-state index is 0.151. The van der Waals surface area contributed by atoms with Gasteiger partial charge in [0.15, 0.2) is 0 Å². The Bertz CT molecular complexity index is 1110. The number of carbonyl (C=O) groups is 2. The zero-order chi connectivity index (χ0) is 24.5. The highest BCUT2D eigenvalue weighted by Gasteiger charge is 2.06. The molecule has 3 rings (SSSR count). The van der Waals surface area contributed by atoms with Crippen molar-refractivity contribution >= 4 is 47.2 Å². The molecule has 0 heterocycles. The summed E-state index contributed by atoms with van der Waals surface area (Å²) in [6.07, 6.45) is 5.09. The lowest BCUT2D eigenvalue weighted by molar-refractivity contribution is -0.117. The quantitative estimate of drug-likeness (QED) is 0.376. The van der Waals surface area contributed by atoms with Crippen LogP contribution in [0.15, 0.2) is 72.8 Å². The first-order valence-corrected chi connectivity index (χ1v) is 11.0. The highest BCUT2D eigenvalue weighted by Crippen LogP contribution is 2.21. The first-order valence-electron chi connectivity index (χ1n) is 10.2. The molecule has 2 N–H and O–H groups in total. The fourth-order valence-electron chi connectivity index (χ4n) is 2.93. The summed E-state index contributed by atoms with van der Waals surface area (Å²) in [5.41, 5.74) is 1.99. The van der Waals surface area contributed by atoms with Crippen LogP contribution >= 0.6 is 23.2 Å². The van der Waals surface area contributed by atoms with Gasteiger partial charge >= 0.3 is 0 Å². The molecule has 0 aliphatic rings. The summed E-state index contributed by atoms with van der Waals surface area (Å²) in [7, 11) is 0. The third-order valence-electron chi connectivity index (χ3n) is 4.76. The standard InChI is InChI=1S/C26H20Cl2F2N2O2/c27-21-3-1-5-23(29)19(21)11-13-25(33)31-15-17-7-9-18(10-8-17)16-32-26(34)14-12-20-22(28)4-2-6-24(20)30/h1-14H,15-16H2,(H,31,33)(H,32,34)/b13-11+,14-12+. The summed E-state index contributed by atoms with van der Waals surface area (Å²) in [4.78, 5) is 24.0. The molecule has 174 valence electrons. The van der Waals surface area contributed by atoms with E-state index in [9.17, 15) is 18.4 Å². The van der Waals surface area contributed by atoms with Crippen molar-refractivity contribution in [2.45, 2.75) is 13.1 Å². The zero-order valence-corrected chi connectivity index (χ0v) is 19.3. The lowest BCUT2D eigenvalue weighted by Crippen LogP contribution is -2.21. The zero-order valence-electron chi connectivity index (χ0n) is 17.8. The topological polar surface area (TPSA) is 58.2 Å². The maximum Gasteiger partial charge on any atom is 0.244 e. The number of carbonyl (C=O) groups excluding carboxylic acids is 2. The lowest BCUT2D eigenvalue weighted by atomic mass is 10.1. The highest BCUT2D eigenvalue weighted by molar-refractivity contribution is 6.32. The highest BCUT2D eigenvalue weighted by atomic mass is 35.5. The van der Waals surface area contributed by atoms with Crippen LogP contribution in [-0.4, -0.2) is 11.8 Å². The molecule has 0 bridgehead atoms. The van der Waals surface area contributed by atoms with Gasteiger partial charge < -0.3 is 10.6 Å². The maximum atomic E-state index is 13.7. The van der Waals surface area contributed by atoms with E-state index in [2.05, 4.69) is 10.6 Å². The SMILES string of the molecule is O=C(/C=C/c1c(F)cccc1Cl)NCc1ccc(CNC(=O)/C=C/c2c(F)cccc2Cl)cc1. The van der Waals surface area contributed by atoms with Crippen molar-refractivity contribution in [3.05, 3.63) is 117 Å². The molecule has 0 aliphatic carbocycles. The number of hydrogen-bond acceptors (Lipinski definition) is 2. The molecular formula is C26H20Cl2F2N2O2. The first kappa shape index (κ1) is 25.1. The van der Waals surface area contributed by atoms with E-state index in [1.54, 1.807) is 12.1 Å². The second kappa shape index (κ2) is 12.1. The second-order valence-corrected chi connectivity index (χ2v) is 8.00. The first-order chi connectivity index (χ1) is 16.3. The molecule has 0 saturated carbocycles. The van der Waals surface area contributed by atoms with Gasteiger partial charge in [-0.3, -0.25) is 9.59 Å². The monoisotopic (exact) mass is 500 g/mol. The van der Waals surface area contributed by atoms with Crippen molar-refractivity contribution in [3.63, 3.8) is 0 Å². The summed E-state index contributed by atoms with van der Waals surface area (Å²) in [5, 5.41) is 5.86. The Kier molecular flexibility index (Phi) is 8.96. The molecule has 34 heavy (non-hydrogen) atoms. The van der Waals surface area contributed by atoms with E-state index in [-0.39, 0.29) is 34.3 Å². The van der Waals surface area contributed by atoms with Gasteiger partial charge in [0.2, 0.25) is 11.8 Å². The number of halogens is 4. The molecule has 0 unspecified atom stereocenters. The lowest BCUT2D eigenvalue weighted by Gasteiger charge is -2.06. The number of benzene rings is 3. The van der Waals surface area contributed by atoms with Crippen LogP contribution in [0, 0.1) is 11.6 Å². The van der Waals surface area contributed by atoms with E-state index < -0.39 is 23.4 Å². The molecule has 3 aromatic carbocycles. The Labute approximate surface area is 205 Å². The largest absolute Gasteiger partial charge is 0.348 e. The van der Waals surface area contributed by atoms with Crippen LogP contribution in [0.25, 0.3) is 12.2 Å². The summed E-state index contributed by atoms with van der Waals surface area (Å²) in [6.45, 7) is 0.542. The Morgan fingerprint density at radius 2 is 1.06 bits per heavy atom. The van der Waals surface area contributed by atoms with Gasteiger partial charge in [0.25, 0.3) is 0 Å². The molecule has 0 fully saturated rings. The molecule has 0 spiro atoms. The molecule has 0 atom stereocenters. The van der Waals surface area contributed by atoms with Crippen LogP contribution in [0.4, 0.5) is 8.78 Å². The van der Waals surface area contributed by atoms with E-state index in [0.717, 1.165) is 11.1 Å². The minimum Gasteiger partial charge on any atom is -0.348 e. The Morgan fingerprint density at radius 1 is 0.676 bits per heavy atom. The fraction of sp³-hybridized carbons (Fsp3) is 0.0769. The average Bonchev–Trinajstić information content (AvgIpc) is 2.81. The third-order valence-corrected chi connectivity index (χ3v) is 5.42. The molecule has 0 aliphatic heterocycles. The van der Waals surface area contributed by atoms with Crippen molar-refractivity contribution in [1.29, 1.82) is 0 Å². The van der Waals surface area contributed by atoms with Crippen molar-refractivity contribution in [2.75, 3.05) is 0 Å². The summed E-state index contributed by atoms with van der Waals surface area (Å²) < 4.78 is 27.5. The molecular weight excluding hydrogens is 481 g/mol. The van der Waals surface area contributed by atoms with Crippen molar-refractivity contribution in [1.82, 2.24) is 10.6 Å². The van der Waals surface area contributed by atoms with Gasteiger partial charge in [-0.15, -0.1) is 0 Å². The Morgan fingerprint density at radius 3 is 1.41 bits per heavy atom. The van der Waals surface area contributed by atoms with Crippen LogP contribution in [-0.2, 0) is 22.7 Å². The molecule has 4 nitrogen and oxygen atoms in total. The van der Waals surface area contributed by atoms with E-state index >= 15 is 0 Å². The molecule has 0 radical (unpaired) electrons. The summed E-state index contributed by atoms with van der Waals surface area (Å²) >= 11 is 11.9. The van der Waals surface area contributed by atoms with E-state index in [4.69, 9.17) is 23.2 Å². The van der Waals surface area contributed by atoms with E-state index in [0.29, 0.717) is 0 Å². The number of nitrogens with one attached hydrogen (secondary N) is 2. The minimum atomic E-state index is -0.509. The van der Waals surface area contributed by atoms with Crippen LogP contribution < -0.4 is 10.6 Å². The van der Waals surface area contributed by atoms with E-state index in [1.165, 1.54) is 48.6 Å². The van der Waals surface area contributed by atoms with Crippen LogP contribution in [0.1, 0.15) is 22.3 Å². The second-order valence-electron chi connectivity index (χ2n) is 7.19. The molecule has 2 amide bonds. The number of rotatable bonds is 8. The predicted octanol–water partition coefficient (Wildman–Crippen LogP) is 5.93. The Balaban J connectivity index is 1.46. The van der Waals surface area contributed by atoms with Crippen LogP contribution in [0.3, 0.4) is 0 Å². The smallest absolute Gasteiger partial charge is 0.244 e. The van der Waals surface area contributed by atoms with Gasteiger partial charge in [0.1, 0.15) is 11.6 Å². The fourth-order valence-corrected chi connectivity index (χ4v) is 3.38. The number of hydrogen-bond donors (Lipinski definition) is 2. The van der Waals surface area contributed by atoms with Gasteiger partial charge in [0.05, 0.1) is 10.0 Å². The molecule has 0 saturated heterocycles. The maximum absolute atomic E-state index is 13.7. The van der Waals surface area contributed by atoms with Gasteiger partial charge in [-0.1, -0.05) is 59.6 Å². The van der Waals surface area contributed by atoms with Crippen molar-refractivity contribution in [2.24, 2.45) is 0 Å². The third kappa shape index (κ3) is 7.27. The van der Waals surface area contributed by atoms with Gasteiger partial charge in [-0.2, -0.15) is 0 Å². The Hall–Kier alpha value is -3.48. The van der Waals surface area contributed by atoms with Gasteiger partial charge in [-0.05, 0) is 47.5 Å². The van der Waals surface area contributed by atoms with Gasteiger partial charge in [0, 0.05) is 36.4 Å². The van der Waals surface area contributed by atoms with Crippen LogP contribution in [0.2, 0.25) is 10.0 Å². The van der Waals surface area contributed by atoms with E-state index in [1.807, 2.05) is 24.3 Å². The molecule has 3 aromatic rings. The molecule has 8 heteroatoms. The van der Waals surface area contributed by atoms with Crippen molar-refractivity contribution in [3.8, 4) is 0 Å². The summed E-state index contributed by atoms with van der Waals surface area (Å²) in [5.74, 6) is -1.80.